The Bertz CT molecular complexity index is 717. The summed E-state index contributed by atoms with van der Waals surface area (Å²) < 4.78 is 0.630. The molecule has 1 heterocycles. The molecule has 0 saturated heterocycles. The van der Waals surface area contributed by atoms with E-state index in [1.807, 2.05) is 31.2 Å². The lowest BCUT2D eigenvalue weighted by atomic mass is 10.2. The van der Waals surface area contributed by atoms with Crippen LogP contribution in [0.25, 0.3) is 0 Å². The molecule has 24 heavy (non-hydrogen) atoms. The second-order valence-corrected chi connectivity index (χ2v) is 7.87. The van der Waals surface area contributed by atoms with E-state index in [-0.39, 0.29) is 23.6 Å². The third-order valence-electron chi connectivity index (χ3n) is 3.14. The Kier molecular flexibility index (Phi) is 6.16. The smallest absolute Gasteiger partial charge is 0.243 e. The highest BCUT2D eigenvalue weighted by atomic mass is 32.2. The summed E-state index contributed by atoms with van der Waals surface area (Å²) in [5.74, 6) is -0.403. The number of anilines is 2. The number of amides is 2. The number of aryl methyl sites for hydroxylation is 1. The fourth-order valence-electron chi connectivity index (χ4n) is 1.91. The maximum Gasteiger partial charge on any atom is 0.243 e. The first-order chi connectivity index (χ1) is 11.3. The molecular formula is C15H19N5O2S2. The Balaban J connectivity index is 1.85. The van der Waals surface area contributed by atoms with E-state index in [4.69, 9.17) is 5.73 Å². The Labute approximate surface area is 148 Å². The van der Waals surface area contributed by atoms with Crippen molar-refractivity contribution in [2.24, 2.45) is 0 Å². The second kappa shape index (κ2) is 8.11. The number of thioether (sulfide) groups is 1. The molecule has 1 aromatic carbocycles. The van der Waals surface area contributed by atoms with E-state index < -0.39 is 0 Å². The van der Waals surface area contributed by atoms with Crippen LogP contribution in [0.2, 0.25) is 0 Å². The predicted octanol–water partition coefficient (Wildman–Crippen LogP) is 2.01. The maximum absolute atomic E-state index is 12.3. The van der Waals surface area contributed by atoms with Crippen molar-refractivity contribution in [2.75, 3.05) is 24.6 Å². The Morgan fingerprint density at radius 1 is 1.33 bits per heavy atom. The van der Waals surface area contributed by atoms with Gasteiger partial charge >= 0.3 is 0 Å². The molecule has 0 spiro atoms. The number of hydrogen-bond acceptors (Lipinski definition) is 7. The van der Waals surface area contributed by atoms with Gasteiger partial charge in [-0.3, -0.25) is 9.59 Å². The van der Waals surface area contributed by atoms with Crippen LogP contribution in [0.5, 0.6) is 0 Å². The number of hydrogen-bond donors (Lipinski definition) is 2. The molecule has 0 fully saturated rings. The molecule has 0 radical (unpaired) electrons. The highest BCUT2D eigenvalue weighted by Crippen LogP contribution is 2.28. The molecule has 0 aliphatic heterocycles. The first kappa shape index (κ1) is 18.2. The standard InChI is InChI=1S/C15H19N5O2S2/c1-9-4-6-11(7-5-9)17-12(21)8-20(3)13(22)10(2)23-15-19-18-14(16)24-15/h4-7,10H,8H2,1-3H3,(H2,16,18)(H,17,21)/t10-/m0/s1. The lowest BCUT2D eigenvalue weighted by Gasteiger charge is -2.20. The van der Waals surface area contributed by atoms with E-state index >= 15 is 0 Å². The number of nitrogens with one attached hydrogen (secondary N) is 1. The molecule has 1 aromatic heterocycles. The average Bonchev–Trinajstić information content (AvgIpc) is 2.93. The number of likely N-dealkylation sites (N-methyl/N-ethyl adjacent to an activating group) is 1. The van der Waals surface area contributed by atoms with Crippen molar-refractivity contribution in [3.63, 3.8) is 0 Å². The van der Waals surface area contributed by atoms with Crippen LogP contribution in [0.1, 0.15) is 12.5 Å². The summed E-state index contributed by atoms with van der Waals surface area (Å²) in [7, 11) is 1.60. The summed E-state index contributed by atoms with van der Waals surface area (Å²) in [6, 6.07) is 7.48. The van der Waals surface area contributed by atoms with Gasteiger partial charge in [0.1, 0.15) is 0 Å². The molecular weight excluding hydrogens is 346 g/mol. The minimum absolute atomic E-state index is 0.0180. The minimum atomic E-state index is -0.380. The molecule has 1 atom stereocenters. The molecule has 2 aromatic rings. The molecule has 9 heteroatoms. The minimum Gasteiger partial charge on any atom is -0.374 e. The lowest BCUT2D eigenvalue weighted by molar-refractivity contribution is -0.132. The van der Waals surface area contributed by atoms with Crippen molar-refractivity contribution in [2.45, 2.75) is 23.4 Å². The van der Waals surface area contributed by atoms with E-state index in [1.54, 1.807) is 14.0 Å². The van der Waals surface area contributed by atoms with Crippen molar-refractivity contribution in [3.05, 3.63) is 29.8 Å². The second-order valence-electron chi connectivity index (χ2n) is 5.27. The molecule has 0 unspecified atom stereocenters. The first-order valence-corrected chi connectivity index (χ1v) is 8.92. The Morgan fingerprint density at radius 3 is 2.58 bits per heavy atom. The molecule has 2 amide bonds. The van der Waals surface area contributed by atoms with Gasteiger partial charge in [-0.2, -0.15) is 0 Å². The van der Waals surface area contributed by atoms with Crippen LogP contribution in [0.4, 0.5) is 10.8 Å². The summed E-state index contributed by atoms with van der Waals surface area (Å²) in [6.45, 7) is 3.72. The van der Waals surface area contributed by atoms with Crippen LogP contribution in [-0.4, -0.2) is 45.8 Å². The number of nitrogens with zero attached hydrogens (tertiary/aromatic N) is 3. The van der Waals surface area contributed by atoms with Crippen LogP contribution >= 0.6 is 23.1 Å². The van der Waals surface area contributed by atoms with Crippen molar-refractivity contribution >= 4 is 45.7 Å². The molecule has 0 aliphatic carbocycles. The Hall–Kier alpha value is -2.13. The molecule has 0 aliphatic rings. The number of benzene rings is 1. The van der Waals surface area contributed by atoms with Crippen LogP contribution in [0.15, 0.2) is 28.6 Å². The molecule has 7 nitrogen and oxygen atoms in total. The zero-order valence-electron chi connectivity index (χ0n) is 13.6. The molecule has 0 bridgehead atoms. The summed E-state index contributed by atoms with van der Waals surface area (Å²) >= 11 is 2.51. The van der Waals surface area contributed by atoms with Gasteiger partial charge in [0.25, 0.3) is 0 Å². The number of nitrogen functional groups attached to an aromatic ring is 1. The zero-order valence-corrected chi connectivity index (χ0v) is 15.3. The summed E-state index contributed by atoms with van der Waals surface area (Å²) in [6.07, 6.45) is 0. The van der Waals surface area contributed by atoms with E-state index in [1.165, 1.54) is 28.0 Å². The number of rotatable bonds is 6. The van der Waals surface area contributed by atoms with Gasteiger partial charge in [0, 0.05) is 12.7 Å². The maximum atomic E-state index is 12.3. The molecule has 3 N–H and O–H groups in total. The summed E-state index contributed by atoms with van der Waals surface area (Å²) in [4.78, 5) is 25.8. The van der Waals surface area contributed by atoms with Crippen LogP contribution < -0.4 is 11.1 Å². The largest absolute Gasteiger partial charge is 0.374 e. The van der Waals surface area contributed by atoms with Gasteiger partial charge in [-0.25, -0.2) is 0 Å². The number of nitrogens with two attached hydrogens (primary N) is 1. The van der Waals surface area contributed by atoms with E-state index in [9.17, 15) is 9.59 Å². The van der Waals surface area contributed by atoms with Crippen LogP contribution in [-0.2, 0) is 9.59 Å². The van der Waals surface area contributed by atoms with Gasteiger partial charge in [-0.05, 0) is 26.0 Å². The lowest BCUT2D eigenvalue weighted by Crippen LogP contribution is -2.38. The van der Waals surface area contributed by atoms with Crippen molar-refractivity contribution in [1.29, 1.82) is 0 Å². The molecule has 128 valence electrons. The van der Waals surface area contributed by atoms with Gasteiger partial charge in [-0.15, -0.1) is 10.2 Å². The van der Waals surface area contributed by atoms with E-state index in [0.29, 0.717) is 15.2 Å². The van der Waals surface area contributed by atoms with Crippen molar-refractivity contribution in [1.82, 2.24) is 15.1 Å². The van der Waals surface area contributed by atoms with Crippen molar-refractivity contribution in [3.8, 4) is 0 Å². The van der Waals surface area contributed by atoms with Gasteiger partial charge in [0.15, 0.2) is 4.34 Å². The molecule has 2 rings (SSSR count). The quantitative estimate of drug-likeness (QED) is 0.759. The summed E-state index contributed by atoms with van der Waals surface area (Å²) in [5.41, 5.74) is 7.34. The SMILES string of the molecule is Cc1ccc(NC(=O)CN(C)C(=O)[C@H](C)Sc2nnc(N)s2)cc1. The molecule has 0 saturated carbocycles. The Morgan fingerprint density at radius 2 is 2.00 bits per heavy atom. The topological polar surface area (TPSA) is 101 Å². The fraction of sp³-hybridized carbons (Fsp3) is 0.333. The van der Waals surface area contributed by atoms with Gasteiger partial charge in [0.05, 0.1) is 11.8 Å². The van der Waals surface area contributed by atoms with Gasteiger partial charge in [0.2, 0.25) is 16.9 Å². The normalized spacial score (nSPS) is 11.8. The van der Waals surface area contributed by atoms with E-state index in [0.717, 1.165) is 5.56 Å². The average molecular weight is 365 g/mol. The zero-order chi connectivity index (χ0) is 17.7. The van der Waals surface area contributed by atoms with Crippen LogP contribution in [0, 0.1) is 6.92 Å². The number of carbonyl (C=O) groups excluding carboxylic acids is 2. The van der Waals surface area contributed by atoms with Crippen molar-refractivity contribution < 1.29 is 9.59 Å². The third-order valence-corrected chi connectivity index (χ3v) is 5.06. The van der Waals surface area contributed by atoms with Gasteiger partial charge in [-0.1, -0.05) is 40.8 Å². The highest BCUT2D eigenvalue weighted by molar-refractivity contribution is 8.02. The monoisotopic (exact) mass is 365 g/mol. The first-order valence-electron chi connectivity index (χ1n) is 7.22. The number of aromatic nitrogens is 2. The highest BCUT2D eigenvalue weighted by Gasteiger charge is 2.22. The number of carbonyl (C=O) groups is 2. The third kappa shape index (κ3) is 5.20. The summed E-state index contributed by atoms with van der Waals surface area (Å²) in [5, 5.41) is 10.3. The fourth-order valence-corrected chi connectivity index (χ4v) is 3.81. The predicted molar refractivity (Wildman–Crippen MR) is 97.1 cm³/mol. The van der Waals surface area contributed by atoms with E-state index in [2.05, 4.69) is 15.5 Å². The van der Waals surface area contributed by atoms with Gasteiger partial charge < -0.3 is 16.0 Å². The van der Waals surface area contributed by atoms with Crippen LogP contribution in [0.3, 0.4) is 0 Å².